The van der Waals surface area contributed by atoms with Crippen molar-refractivity contribution in [1.29, 1.82) is 0 Å². The third-order valence-corrected chi connectivity index (χ3v) is 4.10. The van der Waals surface area contributed by atoms with Crippen molar-refractivity contribution in [3.8, 4) is 11.5 Å². The maximum atomic E-state index is 5.39. The molecular formula is C14H22INO2. The summed E-state index contributed by atoms with van der Waals surface area (Å²) in [7, 11) is 7.95. The molecule has 1 heterocycles. The Bertz CT molecular complexity index is 432. The zero-order valence-electron chi connectivity index (χ0n) is 11.8. The summed E-state index contributed by atoms with van der Waals surface area (Å²) in [4.78, 5) is 0. The van der Waals surface area contributed by atoms with Crippen LogP contribution in [-0.2, 0) is 6.42 Å². The normalized spacial score (nSPS) is 20.6. The molecule has 1 aromatic carbocycles. The van der Waals surface area contributed by atoms with Gasteiger partial charge in [0.2, 0.25) is 0 Å². The minimum Gasteiger partial charge on any atom is -1.00 e. The number of fused-ring (bicyclic) bond motifs is 1. The fourth-order valence-corrected chi connectivity index (χ4v) is 2.52. The Labute approximate surface area is 127 Å². The first-order valence-corrected chi connectivity index (χ1v) is 6.07. The fourth-order valence-electron chi connectivity index (χ4n) is 2.52. The maximum absolute atomic E-state index is 5.39. The van der Waals surface area contributed by atoms with Crippen LogP contribution in [0.15, 0.2) is 12.1 Å². The molecule has 1 aliphatic rings. The predicted molar refractivity (Wildman–Crippen MR) is 68.6 cm³/mol. The molecule has 0 aliphatic carbocycles. The van der Waals surface area contributed by atoms with E-state index >= 15 is 0 Å². The highest BCUT2D eigenvalue weighted by molar-refractivity contribution is 5.48. The fraction of sp³-hybridized carbons (Fsp3) is 0.571. The van der Waals surface area contributed by atoms with E-state index in [1.165, 1.54) is 17.7 Å². The molecule has 102 valence electrons. The monoisotopic (exact) mass is 363 g/mol. The number of benzene rings is 1. The standard InChI is InChI=1S/C14H22NO2.HI/c1-10-12-9-14(17-5)13(16-4)8-11(12)6-7-15(10,2)3;/h8-10H,6-7H2,1-5H3;1H/q+1;/p-1/t10-;/m0./s1. The minimum atomic E-state index is 0. The number of ether oxygens (including phenoxy) is 2. The lowest BCUT2D eigenvalue weighted by molar-refractivity contribution is -0.921. The van der Waals surface area contributed by atoms with Gasteiger partial charge in [0.1, 0.15) is 6.04 Å². The van der Waals surface area contributed by atoms with Crippen LogP contribution in [0.3, 0.4) is 0 Å². The SMILES string of the molecule is COc1cc2c(cc1OC)[C@H](C)[N+](C)(C)CC2.[I-]. The predicted octanol–water partition coefficient (Wildman–Crippen LogP) is -0.599. The molecule has 3 nitrogen and oxygen atoms in total. The van der Waals surface area contributed by atoms with E-state index < -0.39 is 0 Å². The molecule has 1 aromatic rings. The number of likely N-dealkylation sites (N-methyl/N-ethyl adjacent to an activating group) is 1. The molecule has 18 heavy (non-hydrogen) atoms. The van der Waals surface area contributed by atoms with Crippen LogP contribution in [0.2, 0.25) is 0 Å². The van der Waals surface area contributed by atoms with Gasteiger partial charge in [0.25, 0.3) is 0 Å². The van der Waals surface area contributed by atoms with Gasteiger partial charge in [-0.05, 0) is 24.6 Å². The van der Waals surface area contributed by atoms with Crippen molar-refractivity contribution in [2.24, 2.45) is 0 Å². The zero-order valence-corrected chi connectivity index (χ0v) is 13.9. The van der Waals surface area contributed by atoms with Gasteiger partial charge in [-0.2, -0.15) is 0 Å². The Kier molecular flexibility index (Phi) is 4.89. The van der Waals surface area contributed by atoms with Crippen molar-refractivity contribution in [2.45, 2.75) is 19.4 Å². The van der Waals surface area contributed by atoms with E-state index in [2.05, 4.69) is 33.2 Å². The van der Waals surface area contributed by atoms with Gasteiger partial charge in [-0.25, -0.2) is 0 Å². The van der Waals surface area contributed by atoms with E-state index in [0.29, 0.717) is 6.04 Å². The summed E-state index contributed by atoms with van der Waals surface area (Å²) in [5, 5.41) is 0. The molecule has 0 bridgehead atoms. The van der Waals surface area contributed by atoms with Crippen LogP contribution in [0.4, 0.5) is 0 Å². The first-order valence-electron chi connectivity index (χ1n) is 6.07. The van der Waals surface area contributed by atoms with Crippen LogP contribution >= 0.6 is 0 Å². The van der Waals surface area contributed by atoms with Crippen molar-refractivity contribution in [3.05, 3.63) is 23.3 Å². The molecule has 1 aliphatic heterocycles. The smallest absolute Gasteiger partial charge is 0.161 e. The van der Waals surface area contributed by atoms with E-state index in [-0.39, 0.29) is 24.0 Å². The van der Waals surface area contributed by atoms with E-state index in [9.17, 15) is 0 Å². The molecule has 0 saturated carbocycles. The Balaban J connectivity index is 0.00000162. The highest BCUT2D eigenvalue weighted by Crippen LogP contribution is 2.39. The number of hydrogen-bond acceptors (Lipinski definition) is 2. The molecule has 0 aromatic heterocycles. The summed E-state index contributed by atoms with van der Waals surface area (Å²) < 4.78 is 11.8. The second-order valence-electron chi connectivity index (χ2n) is 5.33. The van der Waals surface area contributed by atoms with E-state index in [0.717, 1.165) is 22.4 Å². The summed E-state index contributed by atoms with van der Waals surface area (Å²) in [6, 6.07) is 4.76. The number of rotatable bonds is 2. The maximum Gasteiger partial charge on any atom is 0.161 e. The van der Waals surface area contributed by atoms with E-state index in [4.69, 9.17) is 9.47 Å². The lowest BCUT2D eigenvalue weighted by atomic mass is 9.91. The number of nitrogens with zero attached hydrogens (tertiary/aromatic N) is 1. The lowest BCUT2D eigenvalue weighted by Crippen LogP contribution is -3.00. The van der Waals surface area contributed by atoms with Gasteiger partial charge in [0, 0.05) is 12.0 Å². The Hall–Kier alpha value is -0.490. The van der Waals surface area contributed by atoms with Crippen LogP contribution in [0, 0.1) is 0 Å². The summed E-state index contributed by atoms with van der Waals surface area (Å²) in [5.74, 6) is 1.67. The summed E-state index contributed by atoms with van der Waals surface area (Å²) in [5.41, 5.74) is 2.78. The molecule has 0 fully saturated rings. The number of methoxy groups -OCH3 is 2. The molecule has 1 atom stereocenters. The van der Waals surface area contributed by atoms with Crippen LogP contribution in [-0.4, -0.2) is 39.3 Å². The molecule has 0 amide bonds. The highest BCUT2D eigenvalue weighted by atomic mass is 127. The second-order valence-corrected chi connectivity index (χ2v) is 5.33. The molecule has 0 spiro atoms. The van der Waals surface area contributed by atoms with Gasteiger partial charge >= 0.3 is 0 Å². The van der Waals surface area contributed by atoms with Crippen LogP contribution < -0.4 is 33.5 Å². The lowest BCUT2D eigenvalue weighted by Gasteiger charge is -2.41. The van der Waals surface area contributed by atoms with Gasteiger partial charge in [0.15, 0.2) is 11.5 Å². The number of hydrogen-bond donors (Lipinski definition) is 0. The quantitative estimate of drug-likeness (QED) is 0.516. The molecule has 0 unspecified atom stereocenters. The number of halogens is 1. The van der Waals surface area contributed by atoms with E-state index in [1.54, 1.807) is 14.2 Å². The minimum absolute atomic E-state index is 0. The molecule has 0 N–H and O–H groups in total. The van der Waals surface area contributed by atoms with Crippen LogP contribution in [0.5, 0.6) is 11.5 Å². The Morgan fingerprint density at radius 1 is 1.11 bits per heavy atom. The van der Waals surface area contributed by atoms with Gasteiger partial charge in [-0.3, -0.25) is 0 Å². The molecule has 0 radical (unpaired) electrons. The Morgan fingerprint density at radius 2 is 1.67 bits per heavy atom. The summed E-state index contributed by atoms with van der Waals surface area (Å²) in [6.45, 7) is 3.45. The van der Waals surface area contributed by atoms with Crippen molar-refractivity contribution < 1.29 is 37.9 Å². The third-order valence-electron chi connectivity index (χ3n) is 4.10. The van der Waals surface area contributed by atoms with Crippen LogP contribution in [0.25, 0.3) is 0 Å². The van der Waals surface area contributed by atoms with Gasteiger partial charge in [-0.15, -0.1) is 0 Å². The average molecular weight is 363 g/mol. The van der Waals surface area contributed by atoms with E-state index in [1.807, 2.05) is 0 Å². The first-order chi connectivity index (χ1) is 7.99. The second kappa shape index (κ2) is 5.65. The number of quaternary nitrogens is 1. The molecule has 2 rings (SSSR count). The van der Waals surface area contributed by atoms with Gasteiger partial charge < -0.3 is 37.9 Å². The van der Waals surface area contributed by atoms with Gasteiger partial charge in [-0.1, -0.05) is 0 Å². The van der Waals surface area contributed by atoms with Gasteiger partial charge in [0.05, 0.1) is 34.9 Å². The highest BCUT2D eigenvalue weighted by Gasteiger charge is 2.33. The first kappa shape index (κ1) is 15.6. The largest absolute Gasteiger partial charge is 1.00 e. The van der Waals surface area contributed by atoms with Crippen molar-refractivity contribution in [1.82, 2.24) is 0 Å². The Morgan fingerprint density at radius 3 is 2.22 bits per heavy atom. The molecule has 0 saturated heterocycles. The van der Waals surface area contributed by atoms with Crippen molar-refractivity contribution in [2.75, 3.05) is 34.9 Å². The van der Waals surface area contributed by atoms with Crippen molar-refractivity contribution >= 4 is 0 Å². The average Bonchev–Trinajstić information content (AvgIpc) is 2.33. The van der Waals surface area contributed by atoms with Crippen LogP contribution in [0.1, 0.15) is 24.1 Å². The molecular weight excluding hydrogens is 341 g/mol. The van der Waals surface area contributed by atoms with Crippen molar-refractivity contribution in [3.63, 3.8) is 0 Å². The summed E-state index contributed by atoms with van der Waals surface area (Å²) in [6.07, 6.45) is 1.10. The topological polar surface area (TPSA) is 18.5 Å². The zero-order chi connectivity index (χ0) is 12.6. The molecule has 4 heteroatoms. The third kappa shape index (κ3) is 2.59. The summed E-state index contributed by atoms with van der Waals surface area (Å²) >= 11 is 0.